The van der Waals surface area contributed by atoms with E-state index >= 15 is 0 Å². The second-order valence-electron chi connectivity index (χ2n) is 5.27. The number of hydrogen-bond acceptors (Lipinski definition) is 3. The molecule has 0 heterocycles. The van der Waals surface area contributed by atoms with Gasteiger partial charge in [0, 0.05) is 13.1 Å². The molecule has 1 rings (SSSR count). The third kappa shape index (κ3) is 3.21. The van der Waals surface area contributed by atoms with Crippen LogP contribution in [0.2, 0.25) is 0 Å². The average molecular weight is 276 g/mol. The second kappa shape index (κ2) is 5.54. The number of amidine groups is 1. The van der Waals surface area contributed by atoms with Crippen LogP contribution in [0.3, 0.4) is 0 Å². The van der Waals surface area contributed by atoms with Gasteiger partial charge in [0.2, 0.25) is 0 Å². The van der Waals surface area contributed by atoms with E-state index < -0.39 is 15.7 Å². The first-order chi connectivity index (χ1) is 8.21. The third-order valence-electron chi connectivity index (χ3n) is 3.65. The highest BCUT2D eigenvalue weighted by atomic mass is 32.2. The lowest BCUT2D eigenvalue weighted by Gasteiger charge is -2.38. The summed E-state index contributed by atoms with van der Waals surface area (Å²) in [4.78, 5) is 0. The smallest absolute Gasteiger partial charge is 0.280 e. The van der Waals surface area contributed by atoms with Gasteiger partial charge in [-0.15, -0.1) is 0 Å². The van der Waals surface area contributed by atoms with Crippen LogP contribution >= 0.6 is 0 Å². The monoisotopic (exact) mass is 276 g/mol. The Balaban J connectivity index is 2.94. The quantitative estimate of drug-likeness (QED) is 0.511. The molecule has 0 bridgehead atoms. The molecule has 0 aromatic rings. The lowest BCUT2D eigenvalue weighted by Crippen LogP contribution is -2.60. The number of rotatable bonds is 5. The summed E-state index contributed by atoms with van der Waals surface area (Å²) in [7, 11) is -2.07. The molecule has 1 saturated carbocycles. The van der Waals surface area contributed by atoms with Crippen LogP contribution in [0.25, 0.3) is 0 Å². The van der Waals surface area contributed by atoms with Crippen molar-refractivity contribution in [3.8, 4) is 0 Å². The molecule has 0 aromatic heterocycles. The lowest BCUT2D eigenvalue weighted by atomic mass is 9.82. The molecule has 6 nitrogen and oxygen atoms in total. The molecule has 1 aliphatic rings. The van der Waals surface area contributed by atoms with Crippen molar-refractivity contribution in [2.45, 2.75) is 57.5 Å². The third-order valence-corrected chi connectivity index (χ3v) is 5.48. The Bertz CT molecular complexity index is 399. The largest absolute Gasteiger partial charge is 0.386 e. The van der Waals surface area contributed by atoms with Gasteiger partial charge >= 0.3 is 0 Å². The van der Waals surface area contributed by atoms with Crippen LogP contribution in [-0.4, -0.2) is 37.2 Å². The first-order valence-corrected chi connectivity index (χ1v) is 7.77. The molecule has 7 heteroatoms. The minimum absolute atomic E-state index is 0.0806. The van der Waals surface area contributed by atoms with Gasteiger partial charge in [-0.1, -0.05) is 19.3 Å². The fraction of sp³-hybridized carbons (Fsp3) is 0.909. The van der Waals surface area contributed by atoms with Gasteiger partial charge in [0.25, 0.3) is 10.2 Å². The van der Waals surface area contributed by atoms with Gasteiger partial charge in [0.05, 0.1) is 5.54 Å². The molecular formula is C11H24N4O2S. The van der Waals surface area contributed by atoms with Crippen molar-refractivity contribution < 1.29 is 8.42 Å². The van der Waals surface area contributed by atoms with Crippen molar-refractivity contribution in [1.29, 1.82) is 5.41 Å². The number of hydrogen-bond donors (Lipinski definition) is 3. The normalized spacial score (nSPS) is 20.3. The van der Waals surface area contributed by atoms with E-state index in [-0.39, 0.29) is 11.9 Å². The zero-order valence-corrected chi connectivity index (χ0v) is 12.2. The van der Waals surface area contributed by atoms with Crippen LogP contribution < -0.4 is 10.5 Å². The summed E-state index contributed by atoms with van der Waals surface area (Å²) >= 11 is 0. The van der Waals surface area contributed by atoms with Crippen molar-refractivity contribution >= 4 is 16.0 Å². The van der Waals surface area contributed by atoms with Crippen LogP contribution in [0.4, 0.5) is 0 Å². The number of nitrogens with zero attached hydrogens (tertiary/aromatic N) is 1. The van der Waals surface area contributed by atoms with Crippen molar-refractivity contribution in [2.75, 3.05) is 7.05 Å². The number of nitrogens with one attached hydrogen (secondary N) is 2. The molecule has 1 fully saturated rings. The van der Waals surface area contributed by atoms with Gasteiger partial charge in [-0.05, 0) is 26.7 Å². The fourth-order valence-corrected chi connectivity index (χ4v) is 3.69. The second-order valence-corrected chi connectivity index (χ2v) is 7.00. The zero-order chi connectivity index (χ0) is 14.0. The van der Waals surface area contributed by atoms with Crippen LogP contribution in [-0.2, 0) is 10.2 Å². The van der Waals surface area contributed by atoms with E-state index in [1.54, 1.807) is 13.8 Å². The Morgan fingerprint density at radius 1 is 1.33 bits per heavy atom. The molecule has 0 radical (unpaired) electrons. The van der Waals surface area contributed by atoms with Crippen molar-refractivity contribution in [3.63, 3.8) is 0 Å². The Kier molecular flexibility index (Phi) is 4.74. The number of nitrogens with two attached hydrogens (primary N) is 1. The summed E-state index contributed by atoms with van der Waals surface area (Å²) in [6.45, 7) is 3.61. The summed E-state index contributed by atoms with van der Waals surface area (Å²) in [5, 5.41) is 7.70. The summed E-state index contributed by atoms with van der Waals surface area (Å²) < 4.78 is 28.3. The first-order valence-electron chi connectivity index (χ1n) is 6.33. The maximum absolute atomic E-state index is 12.2. The van der Waals surface area contributed by atoms with Gasteiger partial charge < -0.3 is 5.73 Å². The molecular weight excluding hydrogens is 252 g/mol. The van der Waals surface area contributed by atoms with Crippen LogP contribution in [0.15, 0.2) is 0 Å². The van der Waals surface area contributed by atoms with E-state index in [1.165, 1.54) is 11.4 Å². The minimum Gasteiger partial charge on any atom is -0.386 e. The van der Waals surface area contributed by atoms with Crippen LogP contribution in [0, 0.1) is 5.41 Å². The van der Waals surface area contributed by atoms with Gasteiger partial charge in [-0.3, -0.25) is 5.41 Å². The summed E-state index contributed by atoms with van der Waals surface area (Å²) in [5.41, 5.74) is 4.73. The van der Waals surface area contributed by atoms with E-state index in [1.807, 2.05) is 0 Å². The minimum atomic E-state index is -3.60. The van der Waals surface area contributed by atoms with Crippen LogP contribution in [0.1, 0.15) is 46.0 Å². The van der Waals surface area contributed by atoms with Crippen molar-refractivity contribution in [1.82, 2.24) is 9.03 Å². The van der Waals surface area contributed by atoms with E-state index in [2.05, 4.69) is 4.72 Å². The summed E-state index contributed by atoms with van der Waals surface area (Å²) in [6.07, 6.45) is 4.07. The van der Waals surface area contributed by atoms with Crippen molar-refractivity contribution in [2.24, 2.45) is 5.73 Å². The van der Waals surface area contributed by atoms with Gasteiger partial charge in [0.15, 0.2) is 0 Å². The Morgan fingerprint density at radius 2 is 1.83 bits per heavy atom. The SMILES string of the molecule is CC(C)N(C)S(=O)(=O)NC1(C(=N)N)CCCCC1. The Morgan fingerprint density at radius 3 is 2.22 bits per heavy atom. The maximum atomic E-state index is 12.2. The molecule has 0 saturated heterocycles. The highest BCUT2D eigenvalue weighted by Gasteiger charge is 2.40. The Labute approximate surface area is 110 Å². The maximum Gasteiger partial charge on any atom is 0.280 e. The van der Waals surface area contributed by atoms with Gasteiger partial charge in [-0.25, -0.2) is 0 Å². The Hall–Kier alpha value is -0.660. The molecule has 0 amide bonds. The van der Waals surface area contributed by atoms with E-state index in [9.17, 15) is 8.42 Å². The molecule has 18 heavy (non-hydrogen) atoms. The predicted octanol–water partition coefficient (Wildman–Crippen LogP) is 0.800. The predicted molar refractivity (Wildman–Crippen MR) is 72.7 cm³/mol. The first kappa shape index (κ1) is 15.4. The topological polar surface area (TPSA) is 99.3 Å². The average Bonchev–Trinajstić information content (AvgIpc) is 2.28. The van der Waals surface area contributed by atoms with E-state index in [0.29, 0.717) is 12.8 Å². The fourth-order valence-electron chi connectivity index (χ4n) is 2.18. The van der Waals surface area contributed by atoms with E-state index in [4.69, 9.17) is 11.1 Å². The summed E-state index contributed by atoms with van der Waals surface area (Å²) in [5.74, 6) is -0.0806. The molecule has 4 N–H and O–H groups in total. The lowest BCUT2D eigenvalue weighted by molar-refractivity contribution is 0.328. The van der Waals surface area contributed by atoms with E-state index in [0.717, 1.165) is 19.3 Å². The molecule has 0 aliphatic heterocycles. The molecule has 106 valence electrons. The highest BCUT2D eigenvalue weighted by Crippen LogP contribution is 2.29. The van der Waals surface area contributed by atoms with Gasteiger partial charge in [0.1, 0.15) is 5.84 Å². The molecule has 0 atom stereocenters. The summed E-state index contributed by atoms with van der Waals surface area (Å²) in [6, 6.07) is -0.130. The molecule has 0 aromatic carbocycles. The standard InChI is InChI=1S/C11H24N4O2S/c1-9(2)15(3)18(16,17)14-11(10(12)13)7-5-4-6-8-11/h9,14H,4-8H2,1-3H3,(H3,12,13). The van der Waals surface area contributed by atoms with Crippen LogP contribution in [0.5, 0.6) is 0 Å². The molecule has 0 spiro atoms. The molecule has 0 unspecified atom stereocenters. The highest BCUT2D eigenvalue weighted by molar-refractivity contribution is 7.87. The molecule has 1 aliphatic carbocycles. The van der Waals surface area contributed by atoms with Crippen molar-refractivity contribution in [3.05, 3.63) is 0 Å². The zero-order valence-electron chi connectivity index (χ0n) is 11.4. The van der Waals surface area contributed by atoms with Gasteiger partial charge in [-0.2, -0.15) is 17.4 Å².